The second kappa shape index (κ2) is 5.86. The highest BCUT2D eigenvalue weighted by molar-refractivity contribution is 5.54. The Morgan fingerprint density at radius 3 is 2.58 bits per heavy atom. The Morgan fingerprint density at radius 2 is 2.00 bits per heavy atom. The molecule has 2 rings (SSSR count). The molecule has 104 valence electrons. The topological polar surface area (TPSA) is 80.1 Å². The second-order valence-corrected chi connectivity index (χ2v) is 5.08. The van der Waals surface area contributed by atoms with Gasteiger partial charge in [0, 0.05) is 13.1 Å². The van der Waals surface area contributed by atoms with Crippen molar-refractivity contribution in [2.75, 3.05) is 17.7 Å². The first-order valence-corrected chi connectivity index (χ1v) is 6.71. The van der Waals surface area contributed by atoms with Gasteiger partial charge in [-0.05, 0) is 25.7 Å². The van der Waals surface area contributed by atoms with Gasteiger partial charge in [0.25, 0.3) is 5.69 Å². The summed E-state index contributed by atoms with van der Waals surface area (Å²) in [6, 6.07) is 3.22. The standard InChI is InChI=1S/C13H20N4O2/c1-9(10-5-3-4-6-10)15-13-8-11(17(18)19)7-12(14-2)16-13/h7-10H,3-6H2,1-2H3,(H2,14,15,16). The lowest BCUT2D eigenvalue weighted by atomic mass is 10.00. The van der Waals surface area contributed by atoms with Gasteiger partial charge in [0.05, 0.1) is 17.1 Å². The molecule has 1 aliphatic rings. The van der Waals surface area contributed by atoms with Crippen molar-refractivity contribution in [2.45, 2.75) is 38.6 Å². The van der Waals surface area contributed by atoms with Gasteiger partial charge in [-0.3, -0.25) is 10.1 Å². The fourth-order valence-corrected chi connectivity index (χ4v) is 2.63. The summed E-state index contributed by atoms with van der Waals surface area (Å²) in [5.41, 5.74) is 0.0560. The SMILES string of the molecule is CNc1cc([N+](=O)[O-])cc(NC(C)C2CCCC2)n1. The maximum Gasteiger partial charge on any atom is 0.276 e. The fourth-order valence-electron chi connectivity index (χ4n) is 2.63. The van der Waals surface area contributed by atoms with Gasteiger partial charge in [-0.1, -0.05) is 12.8 Å². The first-order valence-electron chi connectivity index (χ1n) is 6.71. The molecule has 1 aromatic heterocycles. The third-order valence-corrected chi connectivity index (χ3v) is 3.76. The van der Waals surface area contributed by atoms with E-state index in [4.69, 9.17) is 0 Å². The molecule has 0 amide bonds. The number of anilines is 2. The molecule has 6 heteroatoms. The number of rotatable bonds is 5. The summed E-state index contributed by atoms with van der Waals surface area (Å²) in [5, 5.41) is 17.0. The van der Waals surface area contributed by atoms with Gasteiger partial charge in [-0.15, -0.1) is 0 Å². The Hall–Kier alpha value is -1.85. The number of hydrogen-bond acceptors (Lipinski definition) is 5. The molecule has 1 unspecified atom stereocenters. The zero-order chi connectivity index (χ0) is 13.8. The average Bonchev–Trinajstić information content (AvgIpc) is 2.92. The van der Waals surface area contributed by atoms with Crippen molar-refractivity contribution >= 4 is 17.3 Å². The minimum atomic E-state index is -0.395. The molecule has 0 radical (unpaired) electrons. The van der Waals surface area contributed by atoms with Gasteiger partial charge < -0.3 is 10.6 Å². The van der Waals surface area contributed by atoms with Crippen LogP contribution in [0.25, 0.3) is 0 Å². The lowest BCUT2D eigenvalue weighted by Gasteiger charge is -2.21. The molecule has 6 nitrogen and oxygen atoms in total. The highest BCUT2D eigenvalue weighted by Gasteiger charge is 2.22. The lowest BCUT2D eigenvalue weighted by Crippen LogP contribution is -2.24. The van der Waals surface area contributed by atoms with Crippen LogP contribution in [0.1, 0.15) is 32.6 Å². The third kappa shape index (κ3) is 3.33. The van der Waals surface area contributed by atoms with Crippen LogP contribution in [0.3, 0.4) is 0 Å². The highest BCUT2D eigenvalue weighted by Crippen LogP contribution is 2.29. The average molecular weight is 264 g/mol. The predicted octanol–water partition coefficient (Wildman–Crippen LogP) is 3.02. The third-order valence-electron chi connectivity index (χ3n) is 3.76. The van der Waals surface area contributed by atoms with Gasteiger partial charge in [0.15, 0.2) is 0 Å². The number of nitrogens with zero attached hydrogens (tertiary/aromatic N) is 2. The quantitative estimate of drug-likeness (QED) is 0.631. The molecule has 1 heterocycles. The molecular formula is C13H20N4O2. The monoisotopic (exact) mass is 264 g/mol. The molecule has 2 N–H and O–H groups in total. The van der Waals surface area contributed by atoms with Crippen molar-refractivity contribution < 1.29 is 4.92 Å². The van der Waals surface area contributed by atoms with Crippen LogP contribution in [0, 0.1) is 16.0 Å². The molecule has 1 saturated carbocycles. The molecule has 1 aromatic rings. The number of pyridine rings is 1. The van der Waals surface area contributed by atoms with Crippen molar-refractivity contribution in [3.63, 3.8) is 0 Å². The van der Waals surface area contributed by atoms with E-state index in [-0.39, 0.29) is 5.69 Å². The first kappa shape index (κ1) is 13.6. The Bertz CT molecular complexity index is 458. The van der Waals surface area contributed by atoms with Crippen molar-refractivity contribution in [1.82, 2.24) is 4.98 Å². The zero-order valence-electron chi connectivity index (χ0n) is 11.3. The number of hydrogen-bond donors (Lipinski definition) is 2. The van der Waals surface area contributed by atoms with Crippen molar-refractivity contribution in [1.29, 1.82) is 0 Å². The van der Waals surface area contributed by atoms with Crippen LogP contribution < -0.4 is 10.6 Å². The molecule has 0 bridgehead atoms. The van der Waals surface area contributed by atoms with Crippen LogP contribution in [-0.4, -0.2) is 23.0 Å². The van der Waals surface area contributed by atoms with E-state index in [0.717, 1.165) is 0 Å². The molecule has 0 aromatic carbocycles. The van der Waals surface area contributed by atoms with E-state index in [2.05, 4.69) is 22.5 Å². The molecular weight excluding hydrogens is 244 g/mol. The summed E-state index contributed by atoms with van der Waals surface area (Å²) >= 11 is 0. The maximum absolute atomic E-state index is 10.9. The van der Waals surface area contributed by atoms with Gasteiger partial charge >= 0.3 is 0 Å². The van der Waals surface area contributed by atoms with Crippen LogP contribution in [-0.2, 0) is 0 Å². The Balaban J connectivity index is 2.14. The predicted molar refractivity (Wildman–Crippen MR) is 75.5 cm³/mol. The van der Waals surface area contributed by atoms with Gasteiger partial charge in [-0.2, -0.15) is 0 Å². The van der Waals surface area contributed by atoms with E-state index in [1.807, 2.05) is 0 Å². The molecule has 19 heavy (non-hydrogen) atoms. The lowest BCUT2D eigenvalue weighted by molar-refractivity contribution is -0.384. The summed E-state index contributed by atoms with van der Waals surface area (Å²) in [5.74, 6) is 1.72. The second-order valence-electron chi connectivity index (χ2n) is 5.08. The fraction of sp³-hybridized carbons (Fsp3) is 0.615. The van der Waals surface area contributed by atoms with E-state index in [1.165, 1.54) is 37.8 Å². The Labute approximate surface area is 112 Å². The molecule has 1 fully saturated rings. The van der Waals surface area contributed by atoms with Gasteiger partial charge in [0.2, 0.25) is 0 Å². The Morgan fingerprint density at radius 1 is 1.37 bits per heavy atom. The maximum atomic E-state index is 10.9. The van der Waals surface area contributed by atoms with Crippen LogP contribution in [0.2, 0.25) is 0 Å². The van der Waals surface area contributed by atoms with Gasteiger partial charge in [-0.25, -0.2) is 4.98 Å². The van der Waals surface area contributed by atoms with Crippen molar-refractivity contribution in [2.24, 2.45) is 5.92 Å². The van der Waals surface area contributed by atoms with Crippen LogP contribution >= 0.6 is 0 Å². The molecule has 0 aliphatic heterocycles. The van der Waals surface area contributed by atoms with Crippen LogP contribution in [0.4, 0.5) is 17.3 Å². The van der Waals surface area contributed by atoms with E-state index in [0.29, 0.717) is 23.6 Å². The summed E-state index contributed by atoms with van der Waals surface area (Å²) in [6.07, 6.45) is 5.01. The Kier molecular flexibility index (Phi) is 4.19. The molecule has 1 atom stereocenters. The minimum Gasteiger partial charge on any atom is -0.373 e. The zero-order valence-corrected chi connectivity index (χ0v) is 11.3. The summed E-state index contributed by atoms with van der Waals surface area (Å²) < 4.78 is 0. The minimum absolute atomic E-state index is 0.0560. The number of aromatic nitrogens is 1. The van der Waals surface area contributed by atoms with E-state index in [1.54, 1.807) is 7.05 Å². The van der Waals surface area contributed by atoms with Crippen molar-refractivity contribution in [3.05, 3.63) is 22.2 Å². The summed E-state index contributed by atoms with van der Waals surface area (Å²) in [7, 11) is 1.70. The first-order chi connectivity index (χ1) is 9.10. The largest absolute Gasteiger partial charge is 0.373 e. The highest BCUT2D eigenvalue weighted by atomic mass is 16.6. The summed E-state index contributed by atoms with van der Waals surface area (Å²) in [4.78, 5) is 14.8. The number of nitrogens with one attached hydrogen (secondary N) is 2. The van der Waals surface area contributed by atoms with Crippen LogP contribution in [0.15, 0.2) is 12.1 Å². The van der Waals surface area contributed by atoms with Crippen molar-refractivity contribution in [3.8, 4) is 0 Å². The molecule has 0 saturated heterocycles. The van der Waals surface area contributed by atoms with Crippen LogP contribution in [0.5, 0.6) is 0 Å². The van der Waals surface area contributed by atoms with Gasteiger partial charge in [0.1, 0.15) is 11.6 Å². The van der Waals surface area contributed by atoms with E-state index < -0.39 is 4.92 Å². The van der Waals surface area contributed by atoms with E-state index in [9.17, 15) is 10.1 Å². The molecule has 1 aliphatic carbocycles. The number of nitro groups is 1. The smallest absolute Gasteiger partial charge is 0.276 e. The normalized spacial score (nSPS) is 17.2. The van der Waals surface area contributed by atoms with E-state index >= 15 is 0 Å². The molecule has 0 spiro atoms. The summed E-state index contributed by atoms with van der Waals surface area (Å²) in [6.45, 7) is 2.12.